The highest BCUT2D eigenvalue weighted by atomic mass is 32.1. The van der Waals surface area contributed by atoms with E-state index in [1.165, 1.54) is 16.2 Å². The van der Waals surface area contributed by atoms with Crippen LogP contribution in [0.3, 0.4) is 0 Å². The zero-order chi connectivity index (χ0) is 22.0. The van der Waals surface area contributed by atoms with E-state index in [0.29, 0.717) is 37.1 Å². The summed E-state index contributed by atoms with van der Waals surface area (Å²) in [7, 11) is 0. The van der Waals surface area contributed by atoms with Crippen molar-refractivity contribution in [3.8, 4) is 0 Å². The molecule has 0 spiro atoms. The fourth-order valence-electron chi connectivity index (χ4n) is 3.93. The second kappa shape index (κ2) is 9.01. The van der Waals surface area contributed by atoms with E-state index >= 15 is 0 Å². The Morgan fingerprint density at radius 2 is 1.97 bits per heavy atom. The Morgan fingerprint density at radius 1 is 1.30 bits per heavy atom. The summed E-state index contributed by atoms with van der Waals surface area (Å²) in [5, 5.41) is 24.4. The van der Waals surface area contributed by atoms with Crippen molar-refractivity contribution in [1.82, 2.24) is 15.2 Å². The molecule has 30 heavy (non-hydrogen) atoms. The number of hydrogen-bond donors (Lipinski definition) is 4. The molecule has 0 radical (unpaired) electrons. The smallest absolute Gasteiger partial charge is 0.407 e. The average molecular weight is 434 g/mol. The van der Waals surface area contributed by atoms with Crippen LogP contribution < -0.4 is 10.9 Å². The highest BCUT2D eigenvalue weighted by Gasteiger charge is 2.30. The first-order valence-electron chi connectivity index (χ1n) is 9.90. The number of aromatic amines is 1. The number of aliphatic hydroxyl groups is 1. The summed E-state index contributed by atoms with van der Waals surface area (Å²) in [6, 6.07) is 1.86. The van der Waals surface area contributed by atoms with Gasteiger partial charge in [-0.05, 0) is 56.7 Å². The lowest BCUT2D eigenvalue weighted by Gasteiger charge is -2.32. The van der Waals surface area contributed by atoms with E-state index in [4.69, 9.17) is 5.11 Å². The number of carbonyl (C=O) groups is 2. The van der Waals surface area contributed by atoms with Gasteiger partial charge in [0.05, 0.1) is 11.7 Å². The number of piperidine rings is 1. The monoisotopic (exact) mass is 433 g/mol. The lowest BCUT2D eigenvalue weighted by Crippen LogP contribution is -2.38. The second-order valence-corrected chi connectivity index (χ2v) is 8.73. The molecule has 4 N–H and O–H groups in total. The second-order valence-electron chi connectivity index (χ2n) is 7.82. The minimum atomic E-state index is -0.933. The maximum absolute atomic E-state index is 12.7. The van der Waals surface area contributed by atoms with Crippen molar-refractivity contribution in [3.05, 3.63) is 54.6 Å². The predicted molar refractivity (Wildman–Crippen MR) is 114 cm³/mol. The van der Waals surface area contributed by atoms with Gasteiger partial charge in [-0.1, -0.05) is 0 Å². The lowest BCUT2D eigenvalue weighted by molar-refractivity contribution is 0.0591. The molecule has 0 aliphatic carbocycles. The largest absolute Gasteiger partial charge is 0.465 e. The highest BCUT2D eigenvalue weighted by molar-refractivity contribution is 7.10. The summed E-state index contributed by atoms with van der Waals surface area (Å²) < 4.78 is 0. The van der Waals surface area contributed by atoms with Crippen LogP contribution >= 0.6 is 11.3 Å². The van der Waals surface area contributed by atoms with Crippen molar-refractivity contribution in [3.63, 3.8) is 0 Å². The van der Waals surface area contributed by atoms with E-state index < -0.39 is 12.2 Å². The zero-order valence-corrected chi connectivity index (χ0v) is 18.1. The van der Waals surface area contributed by atoms with Gasteiger partial charge in [-0.25, -0.2) is 4.79 Å². The summed E-state index contributed by atoms with van der Waals surface area (Å²) in [6.45, 7) is 6.38. The van der Waals surface area contributed by atoms with Crippen LogP contribution in [0.25, 0.3) is 0 Å². The molecule has 1 fully saturated rings. The van der Waals surface area contributed by atoms with Crippen molar-refractivity contribution in [2.24, 2.45) is 5.92 Å². The quantitative estimate of drug-likeness (QED) is 0.577. The molecule has 2 aromatic rings. The number of aryl methyl sites for hydroxylation is 2. The summed E-state index contributed by atoms with van der Waals surface area (Å²) in [6.07, 6.45) is -0.490. The Kier molecular flexibility index (Phi) is 6.62. The number of hydrogen-bond acceptors (Lipinski definition) is 5. The number of carbonyl (C=O) groups excluding carboxylic acids is 1. The standard InChI is InChI=1S/C21H27N3O5S/c1-11-8-12(2)23-20(27)15(11)9-22-19(26)16-10-30-18(13(16)3)17(25)14-4-6-24(7-5-14)21(28)29/h8,10,14,17,25H,4-7,9H2,1-3H3,(H,22,26)(H,23,27)(H,28,29). The first kappa shape index (κ1) is 22.0. The Labute approximate surface area is 178 Å². The molecule has 3 heterocycles. The summed E-state index contributed by atoms with van der Waals surface area (Å²) in [4.78, 5) is 40.7. The Bertz CT molecular complexity index is 1000. The van der Waals surface area contributed by atoms with Crippen LogP contribution in [0.2, 0.25) is 0 Å². The van der Waals surface area contributed by atoms with Gasteiger partial charge >= 0.3 is 6.09 Å². The van der Waals surface area contributed by atoms with E-state index in [2.05, 4.69) is 10.3 Å². The van der Waals surface area contributed by atoms with Gasteiger partial charge in [0.25, 0.3) is 11.5 Å². The molecule has 0 bridgehead atoms. The molecule has 1 unspecified atom stereocenters. The van der Waals surface area contributed by atoms with Crippen molar-refractivity contribution in [2.45, 2.75) is 46.3 Å². The highest BCUT2D eigenvalue weighted by Crippen LogP contribution is 2.36. The van der Waals surface area contributed by atoms with Crippen LogP contribution in [0.15, 0.2) is 16.2 Å². The van der Waals surface area contributed by atoms with Crippen LogP contribution in [0, 0.1) is 26.7 Å². The normalized spacial score (nSPS) is 15.8. The summed E-state index contributed by atoms with van der Waals surface area (Å²) >= 11 is 1.33. The van der Waals surface area contributed by atoms with Gasteiger partial charge in [0.1, 0.15) is 0 Å². The molecule has 1 atom stereocenters. The Morgan fingerprint density at radius 3 is 2.57 bits per heavy atom. The topological polar surface area (TPSA) is 123 Å². The van der Waals surface area contributed by atoms with Gasteiger partial charge in [-0.3, -0.25) is 9.59 Å². The first-order valence-corrected chi connectivity index (χ1v) is 10.8. The number of likely N-dealkylation sites (tertiary alicyclic amines) is 1. The molecule has 3 rings (SSSR count). The first-order chi connectivity index (χ1) is 14.2. The fourth-order valence-corrected chi connectivity index (χ4v) is 5.08. The molecular weight excluding hydrogens is 406 g/mol. The van der Waals surface area contributed by atoms with Crippen LogP contribution in [-0.2, 0) is 6.54 Å². The maximum Gasteiger partial charge on any atom is 0.407 e. The third-order valence-electron chi connectivity index (χ3n) is 5.77. The van der Waals surface area contributed by atoms with Crippen molar-refractivity contribution in [1.29, 1.82) is 0 Å². The zero-order valence-electron chi connectivity index (χ0n) is 17.3. The van der Waals surface area contributed by atoms with Gasteiger partial charge in [0.15, 0.2) is 0 Å². The summed E-state index contributed by atoms with van der Waals surface area (Å²) in [5.74, 6) is -0.329. The summed E-state index contributed by atoms with van der Waals surface area (Å²) in [5.41, 5.74) is 3.11. The number of nitrogens with zero attached hydrogens (tertiary/aromatic N) is 1. The Balaban J connectivity index is 1.67. The van der Waals surface area contributed by atoms with Gasteiger partial charge in [-0.2, -0.15) is 0 Å². The molecular formula is C21H27N3O5S. The number of aliphatic hydroxyl groups excluding tert-OH is 1. The number of thiophene rings is 1. The molecule has 1 saturated heterocycles. The fraction of sp³-hybridized carbons (Fsp3) is 0.476. The molecule has 2 aromatic heterocycles. The average Bonchev–Trinajstić information content (AvgIpc) is 3.08. The minimum absolute atomic E-state index is 0.0392. The van der Waals surface area contributed by atoms with E-state index in [0.717, 1.165) is 21.7 Å². The third kappa shape index (κ3) is 4.57. The van der Waals surface area contributed by atoms with Crippen LogP contribution in [0.4, 0.5) is 4.79 Å². The molecule has 0 aromatic carbocycles. The van der Waals surface area contributed by atoms with Gasteiger partial charge in [0, 0.05) is 41.1 Å². The molecule has 9 heteroatoms. The molecule has 8 nitrogen and oxygen atoms in total. The molecule has 162 valence electrons. The number of H-pyrrole nitrogens is 1. The van der Waals surface area contributed by atoms with Gasteiger partial charge in [-0.15, -0.1) is 11.3 Å². The number of rotatable bonds is 5. The number of aromatic nitrogens is 1. The van der Waals surface area contributed by atoms with Gasteiger partial charge < -0.3 is 25.4 Å². The SMILES string of the molecule is Cc1cc(C)c(CNC(=O)c2csc(C(O)C3CCN(C(=O)O)CC3)c2C)c(=O)[nH]1. The number of amides is 2. The van der Waals surface area contributed by atoms with E-state index in [1.54, 1.807) is 12.3 Å². The lowest BCUT2D eigenvalue weighted by atomic mass is 9.89. The van der Waals surface area contributed by atoms with E-state index in [1.807, 2.05) is 19.9 Å². The van der Waals surface area contributed by atoms with E-state index in [9.17, 15) is 19.5 Å². The van der Waals surface area contributed by atoms with Crippen molar-refractivity contribution in [2.75, 3.05) is 13.1 Å². The maximum atomic E-state index is 12.7. The molecule has 1 aliphatic heterocycles. The van der Waals surface area contributed by atoms with Crippen LogP contribution in [0.1, 0.15) is 56.6 Å². The number of pyridine rings is 1. The number of nitrogens with one attached hydrogen (secondary N) is 2. The van der Waals surface area contributed by atoms with Crippen LogP contribution in [-0.4, -0.2) is 45.2 Å². The number of carboxylic acid groups (broad SMARTS) is 1. The Hall–Kier alpha value is -2.65. The van der Waals surface area contributed by atoms with Crippen molar-refractivity contribution >= 4 is 23.3 Å². The molecule has 2 amide bonds. The predicted octanol–water partition coefficient (Wildman–Crippen LogP) is 2.72. The van der Waals surface area contributed by atoms with Crippen molar-refractivity contribution < 1.29 is 19.8 Å². The third-order valence-corrected chi connectivity index (χ3v) is 6.92. The van der Waals surface area contributed by atoms with Gasteiger partial charge in [0.2, 0.25) is 0 Å². The molecule has 0 saturated carbocycles. The van der Waals surface area contributed by atoms with Crippen LogP contribution in [0.5, 0.6) is 0 Å². The minimum Gasteiger partial charge on any atom is -0.465 e. The van der Waals surface area contributed by atoms with E-state index in [-0.39, 0.29) is 23.9 Å². The molecule has 1 aliphatic rings.